The van der Waals surface area contributed by atoms with E-state index in [1.54, 1.807) is 13.0 Å². The Bertz CT molecular complexity index is 744. The summed E-state index contributed by atoms with van der Waals surface area (Å²) in [6.45, 7) is 5.56. The van der Waals surface area contributed by atoms with E-state index in [4.69, 9.17) is 0 Å². The predicted octanol–water partition coefficient (Wildman–Crippen LogP) is 5.00. The Balaban J connectivity index is 2.46. The molecule has 0 amide bonds. The van der Waals surface area contributed by atoms with Gasteiger partial charge in [0.1, 0.15) is 4.90 Å². The Morgan fingerprint density at radius 3 is 2.05 bits per heavy atom. The maximum atomic E-state index is 12.5. The molecule has 1 aromatic carbocycles. The van der Waals surface area contributed by atoms with Gasteiger partial charge in [-0.2, -0.15) is 0 Å². The number of nitrogens with one attached hydrogen (secondary N) is 1. The molecule has 1 aromatic heterocycles. The van der Waals surface area contributed by atoms with Gasteiger partial charge in [0.25, 0.3) is 10.0 Å². The van der Waals surface area contributed by atoms with E-state index in [1.807, 2.05) is 26.0 Å². The molecule has 1 N–H and O–H groups in total. The summed E-state index contributed by atoms with van der Waals surface area (Å²) in [5.41, 5.74) is 2.40. The van der Waals surface area contributed by atoms with E-state index >= 15 is 0 Å². The first-order chi connectivity index (χ1) is 9.20. The van der Waals surface area contributed by atoms with Crippen LogP contribution in [0.3, 0.4) is 0 Å². The smallest absolute Gasteiger partial charge is 0.263 e. The number of anilines is 1. The Labute approximate surface area is 139 Å². The molecule has 0 aliphatic carbocycles. The van der Waals surface area contributed by atoms with Gasteiger partial charge in [-0.15, -0.1) is 11.3 Å². The average Bonchev–Trinajstić information content (AvgIpc) is 2.64. The molecule has 1 heterocycles. The summed E-state index contributed by atoms with van der Waals surface area (Å²) < 4.78 is 29.4. The fourth-order valence-electron chi connectivity index (χ4n) is 1.96. The normalized spacial score (nSPS) is 11.7. The first-order valence-electron chi connectivity index (χ1n) is 5.76. The number of benzene rings is 1. The van der Waals surface area contributed by atoms with E-state index in [1.165, 1.54) is 11.3 Å². The van der Waals surface area contributed by atoms with Crippen LogP contribution < -0.4 is 4.72 Å². The first kappa shape index (κ1) is 16.0. The highest BCUT2D eigenvalue weighted by Crippen LogP contribution is 2.32. The molecule has 0 aliphatic rings. The molecule has 0 aliphatic heterocycles. The number of halogens is 2. The Kier molecular flexibility index (Phi) is 4.63. The highest BCUT2D eigenvalue weighted by Gasteiger charge is 2.21. The predicted molar refractivity (Wildman–Crippen MR) is 91.2 cm³/mol. The molecule has 0 unspecified atom stereocenters. The third-order valence-electron chi connectivity index (χ3n) is 2.87. The van der Waals surface area contributed by atoms with Gasteiger partial charge in [-0.25, -0.2) is 8.42 Å². The van der Waals surface area contributed by atoms with Crippen LogP contribution in [0.5, 0.6) is 0 Å². The third kappa shape index (κ3) is 3.27. The fourth-order valence-corrected chi connectivity index (χ4v) is 6.26. The van der Waals surface area contributed by atoms with Crippen LogP contribution in [0, 0.1) is 20.8 Å². The minimum Gasteiger partial charge on any atom is -0.279 e. The van der Waals surface area contributed by atoms with Crippen molar-refractivity contribution in [2.24, 2.45) is 0 Å². The molecule has 3 nitrogen and oxygen atoms in total. The Morgan fingerprint density at radius 2 is 1.60 bits per heavy atom. The number of hydrogen-bond acceptors (Lipinski definition) is 3. The molecule has 0 saturated carbocycles. The van der Waals surface area contributed by atoms with Crippen LogP contribution in [0.4, 0.5) is 5.69 Å². The summed E-state index contributed by atoms with van der Waals surface area (Å²) in [6.07, 6.45) is 0. The molecule has 2 rings (SSSR count). The van der Waals surface area contributed by atoms with E-state index in [2.05, 4.69) is 36.6 Å². The lowest BCUT2D eigenvalue weighted by Crippen LogP contribution is -2.14. The van der Waals surface area contributed by atoms with E-state index in [0.717, 1.165) is 24.3 Å². The van der Waals surface area contributed by atoms with Gasteiger partial charge < -0.3 is 0 Å². The standard InChI is InChI=1S/C13H13Br2NO2S2/c1-7-4-10(14)5-8(2)13(7)16-20(17,18)11-6-12(15)19-9(11)3/h4-6,16H,1-3H3. The van der Waals surface area contributed by atoms with Crippen molar-refractivity contribution in [3.05, 3.63) is 42.5 Å². The molecule has 108 valence electrons. The van der Waals surface area contributed by atoms with Crippen molar-refractivity contribution in [2.75, 3.05) is 4.72 Å². The molecule has 0 spiro atoms. The maximum absolute atomic E-state index is 12.5. The van der Waals surface area contributed by atoms with Crippen molar-refractivity contribution in [3.8, 4) is 0 Å². The maximum Gasteiger partial charge on any atom is 0.263 e. The lowest BCUT2D eigenvalue weighted by molar-refractivity contribution is 0.601. The monoisotopic (exact) mass is 437 g/mol. The van der Waals surface area contributed by atoms with Gasteiger partial charge in [0.05, 0.1) is 9.47 Å². The van der Waals surface area contributed by atoms with Crippen molar-refractivity contribution in [3.63, 3.8) is 0 Å². The van der Waals surface area contributed by atoms with Gasteiger partial charge in [0, 0.05) is 9.35 Å². The number of sulfonamides is 1. The van der Waals surface area contributed by atoms with Crippen molar-refractivity contribution in [1.29, 1.82) is 0 Å². The molecule has 0 bridgehead atoms. The van der Waals surface area contributed by atoms with Gasteiger partial charge in [0.15, 0.2) is 0 Å². The summed E-state index contributed by atoms with van der Waals surface area (Å²) in [5, 5.41) is 0. The number of aryl methyl sites for hydroxylation is 3. The van der Waals surface area contributed by atoms with E-state index < -0.39 is 10.0 Å². The van der Waals surface area contributed by atoms with Crippen molar-refractivity contribution in [2.45, 2.75) is 25.7 Å². The van der Waals surface area contributed by atoms with E-state index in [9.17, 15) is 8.42 Å². The molecule has 20 heavy (non-hydrogen) atoms. The van der Waals surface area contributed by atoms with Crippen molar-refractivity contribution in [1.82, 2.24) is 0 Å². The molecular formula is C13H13Br2NO2S2. The van der Waals surface area contributed by atoms with Gasteiger partial charge in [-0.05, 0) is 66.0 Å². The SMILES string of the molecule is Cc1cc(Br)cc(C)c1NS(=O)(=O)c1cc(Br)sc1C. The Hall–Kier alpha value is -0.370. The van der Waals surface area contributed by atoms with Crippen LogP contribution in [0.2, 0.25) is 0 Å². The lowest BCUT2D eigenvalue weighted by Gasteiger charge is -2.13. The highest BCUT2D eigenvalue weighted by atomic mass is 79.9. The number of hydrogen-bond donors (Lipinski definition) is 1. The fraction of sp³-hybridized carbons (Fsp3) is 0.231. The van der Waals surface area contributed by atoms with Crippen LogP contribution in [0.1, 0.15) is 16.0 Å². The summed E-state index contributed by atoms with van der Waals surface area (Å²) >= 11 is 8.13. The Morgan fingerprint density at radius 1 is 1.05 bits per heavy atom. The van der Waals surface area contributed by atoms with Gasteiger partial charge in [0.2, 0.25) is 0 Å². The summed E-state index contributed by atoms with van der Waals surface area (Å²) in [4.78, 5) is 1.08. The molecule has 0 saturated heterocycles. The van der Waals surface area contributed by atoms with Crippen LogP contribution >= 0.6 is 43.2 Å². The largest absolute Gasteiger partial charge is 0.279 e. The highest BCUT2D eigenvalue weighted by molar-refractivity contribution is 9.11. The zero-order valence-corrected chi connectivity index (χ0v) is 15.9. The van der Waals surface area contributed by atoms with Crippen LogP contribution in [-0.4, -0.2) is 8.42 Å². The van der Waals surface area contributed by atoms with E-state index in [-0.39, 0.29) is 0 Å². The summed E-state index contributed by atoms with van der Waals surface area (Å²) in [7, 11) is -3.57. The quantitative estimate of drug-likeness (QED) is 0.732. The third-order valence-corrected chi connectivity index (χ3v) is 6.48. The molecule has 0 atom stereocenters. The molecule has 2 aromatic rings. The lowest BCUT2D eigenvalue weighted by atomic mass is 10.1. The molecule has 0 fully saturated rings. The van der Waals surface area contributed by atoms with Crippen molar-refractivity contribution < 1.29 is 8.42 Å². The summed E-state index contributed by atoms with van der Waals surface area (Å²) in [6, 6.07) is 5.41. The zero-order valence-electron chi connectivity index (χ0n) is 11.1. The van der Waals surface area contributed by atoms with Crippen LogP contribution in [-0.2, 0) is 10.0 Å². The number of thiophene rings is 1. The molecule has 0 radical (unpaired) electrons. The minimum atomic E-state index is -3.57. The van der Waals surface area contributed by atoms with Crippen LogP contribution in [0.25, 0.3) is 0 Å². The molecule has 7 heteroatoms. The number of rotatable bonds is 3. The molecular weight excluding hydrogens is 426 g/mol. The van der Waals surface area contributed by atoms with E-state index in [0.29, 0.717) is 10.6 Å². The first-order valence-corrected chi connectivity index (χ1v) is 9.65. The average molecular weight is 439 g/mol. The second-order valence-electron chi connectivity index (χ2n) is 4.49. The van der Waals surface area contributed by atoms with Gasteiger partial charge in [-0.3, -0.25) is 4.72 Å². The van der Waals surface area contributed by atoms with Crippen molar-refractivity contribution >= 4 is 58.9 Å². The van der Waals surface area contributed by atoms with Crippen LogP contribution in [0.15, 0.2) is 31.4 Å². The second-order valence-corrected chi connectivity index (χ2v) is 9.69. The second kappa shape index (κ2) is 5.79. The summed E-state index contributed by atoms with van der Waals surface area (Å²) in [5.74, 6) is 0. The minimum absolute atomic E-state index is 0.316. The van der Waals surface area contributed by atoms with Gasteiger partial charge >= 0.3 is 0 Å². The zero-order chi connectivity index (χ0) is 15.1. The van der Waals surface area contributed by atoms with Gasteiger partial charge in [-0.1, -0.05) is 15.9 Å². The topological polar surface area (TPSA) is 46.2 Å².